The van der Waals surface area contributed by atoms with E-state index in [0.29, 0.717) is 5.56 Å². The Bertz CT molecular complexity index is 789. The minimum Gasteiger partial charge on any atom is -0.477 e. The summed E-state index contributed by atoms with van der Waals surface area (Å²) in [5.74, 6) is -1.21. The third-order valence-electron chi connectivity index (χ3n) is 3.82. The maximum Gasteiger partial charge on any atom is 0.346 e. The first-order valence-electron chi connectivity index (χ1n) is 7.79. The first-order valence-corrected chi connectivity index (χ1v) is 7.79. The van der Waals surface area contributed by atoms with Crippen molar-refractivity contribution in [3.8, 4) is 6.07 Å². The Hall–Kier alpha value is -3.06. The minimum absolute atomic E-state index is 0.265. The highest BCUT2D eigenvalue weighted by molar-refractivity contribution is 5.96. The molecule has 122 valence electrons. The van der Waals surface area contributed by atoms with Crippen LogP contribution in [0.2, 0.25) is 0 Å². The molecule has 2 rings (SSSR count). The molecule has 0 fully saturated rings. The molecule has 4 nitrogen and oxygen atoms in total. The molecule has 0 saturated carbocycles. The van der Waals surface area contributed by atoms with Gasteiger partial charge < -0.3 is 10.0 Å². The van der Waals surface area contributed by atoms with Crippen LogP contribution < -0.4 is 4.90 Å². The van der Waals surface area contributed by atoms with Crippen molar-refractivity contribution in [2.75, 3.05) is 11.4 Å². The fourth-order valence-corrected chi connectivity index (χ4v) is 2.60. The lowest BCUT2D eigenvalue weighted by molar-refractivity contribution is -0.132. The summed E-state index contributed by atoms with van der Waals surface area (Å²) in [5, 5.41) is 17.8. The van der Waals surface area contributed by atoms with Crippen molar-refractivity contribution in [2.24, 2.45) is 0 Å². The van der Waals surface area contributed by atoms with Crippen LogP contribution in [-0.4, -0.2) is 17.6 Å². The maximum atomic E-state index is 10.9. The predicted molar refractivity (Wildman–Crippen MR) is 95.6 cm³/mol. The van der Waals surface area contributed by atoms with Gasteiger partial charge in [0, 0.05) is 18.8 Å². The highest BCUT2D eigenvalue weighted by Gasteiger charge is 2.10. The standard InChI is InChI=1S/C20H20N2O2/c1-3-22(14-16-7-5-4-6-8-16)19-10-9-17(11-15(19)2)12-18(13-21)20(23)24/h4-12H,3,14H2,1-2H3,(H,23,24). The number of carboxylic acids is 1. The zero-order valence-corrected chi connectivity index (χ0v) is 13.9. The summed E-state index contributed by atoms with van der Waals surface area (Å²) < 4.78 is 0. The third kappa shape index (κ3) is 4.23. The van der Waals surface area contributed by atoms with E-state index in [-0.39, 0.29) is 5.57 Å². The lowest BCUT2D eigenvalue weighted by Crippen LogP contribution is -2.22. The highest BCUT2D eigenvalue weighted by atomic mass is 16.4. The van der Waals surface area contributed by atoms with Crippen molar-refractivity contribution >= 4 is 17.7 Å². The molecule has 2 aromatic rings. The van der Waals surface area contributed by atoms with E-state index in [0.717, 1.165) is 24.3 Å². The van der Waals surface area contributed by atoms with Gasteiger partial charge in [-0.15, -0.1) is 0 Å². The fraction of sp³-hybridized carbons (Fsp3) is 0.200. The van der Waals surface area contributed by atoms with Crippen molar-refractivity contribution in [1.29, 1.82) is 5.26 Å². The van der Waals surface area contributed by atoms with E-state index in [1.807, 2.05) is 43.3 Å². The smallest absolute Gasteiger partial charge is 0.346 e. The molecule has 0 radical (unpaired) electrons. The van der Waals surface area contributed by atoms with Gasteiger partial charge in [-0.3, -0.25) is 0 Å². The fourth-order valence-electron chi connectivity index (χ4n) is 2.60. The number of carboxylic acid groups (broad SMARTS) is 1. The van der Waals surface area contributed by atoms with Crippen LogP contribution >= 0.6 is 0 Å². The topological polar surface area (TPSA) is 64.3 Å². The molecule has 4 heteroatoms. The van der Waals surface area contributed by atoms with Crippen molar-refractivity contribution in [1.82, 2.24) is 0 Å². The maximum absolute atomic E-state index is 10.9. The molecule has 0 heterocycles. The van der Waals surface area contributed by atoms with Crippen molar-refractivity contribution in [3.05, 3.63) is 70.8 Å². The largest absolute Gasteiger partial charge is 0.477 e. The predicted octanol–water partition coefficient (Wildman–Crippen LogP) is 4.01. The summed E-state index contributed by atoms with van der Waals surface area (Å²) in [6.07, 6.45) is 1.40. The second-order valence-corrected chi connectivity index (χ2v) is 5.52. The molecule has 24 heavy (non-hydrogen) atoms. The SMILES string of the molecule is CCN(Cc1ccccc1)c1ccc(C=C(C#N)C(=O)O)cc1C. The molecular weight excluding hydrogens is 300 g/mol. The van der Waals surface area contributed by atoms with E-state index >= 15 is 0 Å². The molecule has 0 aliphatic rings. The number of benzene rings is 2. The first-order chi connectivity index (χ1) is 11.5. The summed E-state index contributed by atoms with van der Waals surface area (Å²) in [6, 6.07) is 17.7. The molecule has 0 amide bonds. The van der Waals surface area contributed by atoms with Crippen LogP contribution in [-0.2, 0) is 11.3 Å². The monoisotopic (exact) mass is 320 g/mol. The summed E-state index contributed by atoms with van der Waals surface area (Å²) >= 11 is 0. The highest BCUT2D eigenvalue weighted by Crippen LogP contribution is 2.24. The summed E-state index contributed by atoms with van der Waals surface area (Å²) in [7, 11) is 0. The molecule has 1 N–H and O–H groups in total. The zero-order chi connectivity index (χ0) is 17.5. The molecule has 2 aromatic carbocycles. The van der Waals surface area contributed by atoms with Crippen LogP contribution in [0.15, 0.2) is 54.1 Å². The van der Waals surface area contributed by atoms with Crippen LogP contribution in [0.5, 0.6) is 0 Å². The minimum atomic E-state index is -1.21. The molecule has 0 spiro atoms. The quantitative estimate of drug-likeness (QED) is 0.645. The molecular formula is C20H20N2O2. The van der Waals surface area contributed by atoms with E-state index in [2.05, 4.69) is 24.0 Å². The van der Waals surface area contributed by atoms with E-state index in [4.69, 9.17) is 10.4 Å². The number of anilines is 1. The molecule has 0 saturated heterocycles. The van der Waals surface area contributed by atoms with Crippen LogP contribution in [0.4, 0.5) is 5.69 Å². The van der Waals surface area contributed by atoms with Gasteiger partial charge in [-0.05, 0) is 48.7 Å². The van der Waals surface area contributed by atoms with Crippen LogP contribution in [0.1, 0.15) is 23.6 Å². The second kappa shape index (κ2) is 7.98. The van der Waals surface area contributed by atoms with Gasteiger partial charge in [0.1, 0.15) is 11.6 Å². The number of aryl methyl sites for hydroxylation is 1. The van der Waals surface area contributed by atoms with Crippen molar-refractivity contribution < 1.29 is 9.90 Å². The van der Waals surface area contributed by atoms with Gasteiger partial charge in [0.15, 0.2) is 0 Å². The van der Waals surface area contributed by atoms with Gasteiger partial charge >= 0.3 is 5.97 Å². The van der Waals surface area contributed by atoms with Gasteiger partial charge in [0.2, 0.25) is 0 Å². The lowest BCUT2D eigenvalue weighted by Gasteiger charge is -2.25. The van der Waals surface area contributed by atoms with Gasteiger partial charge in [-0.25, -0.2) is 4.79 Å². The van der Waals surface area contributed by atoms with Gasteiger partial charge in [0.25, 0.3) is 0 Å². The Morgan fingerprint density at radius 3 is 2.50 bits per heavy atom. The molecule has 0 aromatic heterocycles. The van der Waals surface area contributed by atoms with Crippen LogP contribution in [0.25, 0.3) is 6.08 Å². The second-order valence-electron chi connectivity index (χ2n) is 5.52. The Kier molecular flexibility index (Phi) is 5.75. The van der Waals surface area contributed by atoms with Crippen molar-refractivity contribution in [3.63, 3.8) is 0 Å². The lowest BCUT2D eigenvalue weighted by atomic mass is 10.1. The van der Waals surface area contributed by atoms with Crippen LogP contribution in [0, 0.1) is 18.3 Å². The number of rotatable bonds is 6. The Balaban J connectivity index is 2.28. The average Bonchev–Trinajstić information content (AvgIpc) is 2.58. The van der Waals surface area contributed by atoms with Gasteiger partial charge in [0.05, 0.1) is 0 Å². The molecule has 0 bridgehead atoms. The number of nitrogens with zero attached hydrogens (tertiary/aromatic N) is 2. The van der Waals surface area contributed by atoms with E-state index < -0.39 is 5.97 Å². The molecule has 0 unspecified atom stereocenters. The van der Waals surface area contributed by atoms with E-state index in [1.165, 1.54) is 11.6 Å². The first kappa shape index (κ1) is 17.3. The third-order valence-corrected chi connectivity index (χ3v) is 3.82. The molecule has 0 aliphatic heterocycles. The average molecular weight is 320 g/mol. The molecule has 0 aliphatic carbocycles. The van der Waals surface area contributed by atoms with E-state index in [9.17, 15) is 4.79 Å². The number of hydrogen-bond donors (Lipinski definition) is 1. The van der Waals surface area contributed by atoms with Gasteiger partial charge in [-0.2, -0.15) is 5.26 Å². The van der Waals surface area contributed by atoms with Crippen molar-refractivity contribution in [2.45, 2.75) is 20.4 Å². The van der Waals surface area contributed by atoms with Gasteiger partial charge in [-0.1, -0.05) is 36.4 Å². The van der Waals surface area contributed by atoms with Crippen LogP contribution in [0.3, 0.4) is 0 Å². The summed E-state index contributed by atoms with van der Waals surface area (Å²) in [6.45, 7) is 5.77. The number of nitriles is 1. The Labute approximate surface area is 142 Å². The molecule has 0 atom stereocenters. The Morgan fingerprint density at radius 2 is 1.96 bits per heavy atom. The summed E-state index contributed by atoms with van der Waals surface area (Å²) in [4.78, 5) is 13.2. The number of carbonyl (C=O) groups is 1. The Morgan fingerprint density at radius 1 is 1.25 bits per heavy atom. The zero-order valence-electron chi connectivity index (χ0n) is 13.9. The summed E-state index contributed by atoms with van der Waals surface area (Å²) in [5.41, 5.74) is 3.83. The number of hydrogen-bond acceptors (Lipinski definition) is 3. The number of aliphatic carboxylic acids is 1. The normalized spacial score (nSPS) is 11.0. The van der Waals surface area contributed by atoms with E-state index in [1.54, 1.807) is 6.07 Å².